The first-order valence-electron chi connectivity index (χ1n) is 9.20. The molecule has 1 unspecified atom stereocenters. The fourth-order valence-corrected chi connectivity index (χ4v) is 3.80. The van der Waals surface area contributed by atoms with E-state index in [1.165, 1.54) is 32.1 Å². The van der Waals surface area contributed by atoms with Gasteiger partial charge in [0.2, 0.25) is 5.91 Å². The van der Waals surface area contributed by atoms with Gasteiger partial charge in [0, 0.05) is 29.9 Å². The summed E-state index contributed by atoms with van der Waals surface area (Å²) >= 11 is 0. The van der Waals surface area contributed by atoms with Crippen LogP contribution in [0.15, 0.2) is 30.5 Å². The summed E-state index contributed by atoms with van der Waals surface area (Å²) < 4.78 is 0. The first-order valence-corrected chi connectivity index (χ1v) is 9.20. The Bertz CT molecular complexity index is 731. The predicted molar refractivity (Wildman–Crippen MR) is 97.4 cm³/mol. The molecule has 0 radical (unpaired) electrons. The molecule has 0 saturated heterocycles. The third-order valence-electron chi connectivity index (χ3n) is 5.24. The highest BCUT2D eigenvalue weighted by Crippen LogP contribution is 2.27. The van der Waals surface area contributed by atoms with Crippen molar-refractivity contribution in [2.75, 3.05) is 0 Å². The average molecular weight is 342 g/mol. The number of nitrogens with one attached hydrogen (secondary N) is 2. The number of carbonyl (C=O) groups excluding carboxylic acids is 1. The second-order valence-corrected chi connectivity index (χ2v) is 7.06. The van der Waals surface area contributed by atoms with Crippen molar-refractivity contribution in [1.29, 1.82) is 0 Å². The molecular formula is C20H26N2O3. The van der Waals surface area contributed by atoms with Crippen molar-refractivity contribution < 1.29 is 14.7 Å². The van der Waals surface area contributed by atoms with Crippen molar-refractivity contribution in [3.05, 3.63) is 36.0 Å². The van der Waals surface area contributed by atoms with Crippen molar-refractivity contribution in [2.45, 2.75) is 57.4 Å². The SMILES string of the molecule is O=C(CCC1CCCCC1)NC(Cc1c[nH]c2ccccc12)C(=O)O. The molecule has 0 aliphatic heterocycles. The van der Waals surface area contributed by atoms with Gasteiger partial charge in [-0.1, -0.05) is 50.3 Å². The summed E-state index contributed by atoms with van der Waals surface area (Å²) in [6, 6.07) is 6.89. The Morgan fingerprint density at radius 2 is 1.96 bits per heavy atom. The summed E-state index contributed by atoms with van der Waals surface area (Å²) in [6.45, 7) is 0. The third kappa shape index (κ3) is 4.62. The van der Waals surface area contributed by atoms with Crippen molar-refractivity contribution in [3.8, 4) is 0 Å². The number of aromatic nitrogens is 1. The smallest absolute Gasteiger partial charge is 0.326 e. The molecule has 1 aromatic heterocycles. The van der Waals surface area contributed by atoms with Crippen molar-refractivity contribution >= 4 is 22.8 Å². The molecule has 1 heterocycles. The van der Waals surface area contributed by atoms with E-state index in [2.05, 4.69) is 10.3 Å². The number of hydrogen-bond acceptors (Lipinski definition) is 2. The minimum absolute atomic E-state index is 0.155. The molecule has 1 aliphatic rings. The quantitative estimate of drug-likeness (QED) is 0.718. The molecule has 1 aliphatic carbocycles. The molecule has 5 nitrogen and oxygen atoms in total. The molecular weight excluding hydrogens is 316 g/mol. The van der Waals surface area contributed by atoms with E-state index in [0.29, 0.717) is 12.3 Å². The minimum Gasteiger partial charge on any atom is -0.480 e. The van der Waals surface area contributed by atoms with Crippen molar-refractivity contribution in [2.24, 2.45) is 5.92 Å². The Hall–Kier alpha value is -2.30. The van der Waals surface area contributed by atoms with Gasteiger partial charge in [0.15, 0.2) is 0 Å². The van der Waals surface area contributed by atoms with Crippen LogP contribution in [0.3, 0.4) is 0 Å². The minimum atomic E-state index is -0.990. The molecule has 1 amide bonds. The summed E-state index contributed by atoms with van der Waals surface area (Å²) in [6.07, 6.45) is 9.61. The maximum absolute atomic E-state index is 12.2. The summed E-state index contributed by atoms with van der Waals surface area (Å²) in [4.78, 5) is 26.9. The zero-order valence-corrected chi connectivity index (χ0v) is 14.5. The van der Waals surface area contributed by atoms with E-state index in [-0.39, 0.29) is 12.3 Å². The van der Waals surface area contributed by atoms with Crippen LogP contribution in [0.2, 0.25) is 0 Å². The third-order valence-corrected chi connectivity index (χ3v) is 5.24. The number of amides is 1. The zero-order valence-electron chi connectivity index (χ0n) is 14.5. The lowest BCUT2D eigenvalue weighted by atomic mass is 9.86. The van der Waals surface area contributed by atoms with Crippen LogP contribution in [0.1, 0.15) is 50.5 Å². The molecule has 1 atom stereocenters. The molecule has 3 rings (SSSR count). The Balaban J connectivity index is 1.57. The Morgan fingerprint density at radius 3 is 2.72 bits per heavy atom. The standard InChI is InChI=1S/C20H26N2O3/c23-19(11-10-14-6-2-1-3-7-14)22-18(20(24)25)12-15-13-21-17-9-5-4-8-16(15)17/h4-5,8-9,13-14,18,21H,1-3,6-7,10-12H2,(H,22,23)(H,24,25). The Kier molecular flexibility index (Phi) is 5.74. The summed E-state index contributed by atoms with van der Waals surface area (Å²) in [5, 5.41) is 13.2. The molecule has 3 N–H and O–H groups in total. The van der Waals surface area contributed by atoms with Crippen LogP contribution < -0.4 is 5.32 Å². The highest BCUT2D eigenvalue weighted by atomic mass is 16.4. The van der Waals surface area contributed by atoms with E-state index in [9.17, 15) is 14.7 Å². The average Bonchev–Trinajstić information content (AvgIpc) is 3.03. The van der Waals surface area contributed by atoms with Crippen LogP contribution >= 0.6 is 0 Å². The van der Waals surface area contributed by atoms with Crippen LogP contribution in [-0.2, 0) is 16.0 Å². The number of benzene rings is 1. The lowest BCUT2D eigenvalue weighted by Gasteiger charge is -2.21. The van der Waals surface area contributed by atoms with Crippen LogP contribution in [0.4, 0.5) is 0 Å². The first-order chi connectivity index (χ1) is 12.1. The number of carbonyl (C=O) groups is 2. The number of aromatic amines is 1. The van der Waals surface area contributed by atoms with Gasteiger partial charge in [-0.3, -0.25) is 4.79 Å². The van der Waals surface area contributed by atoms with E-state index in [0.717, 1.165) is 22.9 Å². The van der Waals surface area contributed by atoms with E-state index in [1.807, 2.05) is 30.5 Å². The number of para-hydroxylation sites is 1. The molecule has 2 aromatic rings. The number of hydrogen-bond donors (Lipinski definition) is 3. The predicted octanol–water partition coefficient (Wildman–Crippen LogP) is 3.64. The van der Waals surface area contributed by atoms with Gasteiger partial charge < -0.3 is 15.4 Å². The maximum atomic E-state index is 12.2. The van der Waals surface area contributed by atoms with Gasteiger partial charge in [0.1, 0.15) is 6.04 Å². The monoisotopic (exact) mass is 342 g/mol. The van der Waals surface area contributed by atoms with Gasteiger partial charge in [0.25, 0.3) is 0 Å². The molecule has 134 valence electrons. The number of aliphatic carboxylic acids is 1. The largest absolute Gasteiger partial charge is 0.480 e. The van der Waals surface area contributed by atoms with E-state index >= 15 is 0 Å². The lowest BCUT2D eigenvalue weighted by molar-refractivity contribution is -0.141. The normalized spacial score (nSPS) is 16.6. The van der Waals surface area contributed by atoms with E-state index in [1.54, 1.807) is 0 Å². The van der Waals surface area contributed by atoms with Crippen LogP contribution in [0.5, 0.6) is 0 Å². The van der Waals surface area contributed by atoms with Gasteiger partial charge in [-0.15, -0.1) is 0 Å². The highest BCUT2D eigenvalue weighted by molar-refractivity contribution is 5.86. The first kappa shape index (κ1) is 17.5. The second-order valence-electron chi connectivity index (χ2n) is 7.06. The topological polar surface area (TPSA) is 82.2 Å². The van der Waals surface area contributed by atoms with Gasteiger partial charge in [0.05, 0.1) is 0 Å². The molecule has 0 bridgehead atoms. The summed E-state index contributed by atoms with van der Waals surface area (Å²) in [5.41, 5.74) is 1.89. The maximum Gasteiger partial charge on any atom is 0.326 e. The van der Waals surface area contributed by atoms with Crippen LogP contribution in [-0.4, -0.2) is 28.0 Å². The van der Waals surface area contributed by atoms with Gasteiger partial charge in [-0.05, 0) is 24.0 Å². The zero-order chi connectivity index (χ0) is 17.6. The van der Waals surface area contributed by atoms with Gasteiger partial charge in [-0.2, -0.15) is 0 Å². The molecule has 1 aromatic carbocycles. The lowest BCUT2D eigenvalue weighted by Crippen LogP contribution is -2.42. The van der Waals surface area contributed by atoms with Crippen molar-refractivity contribution in [3.63, 3.8) is 0 Å². The highest BCUT2D eigenvalue weighted by Gasteiger charge is 2.22. The van der Waals surface area contributed by atoms with Crippen LogP contribution in [0.25, 0.3) is 10.9 Å². The number of fused-ring (bicyclic) bond motifs is 1. The Labute approximate surface area is 147 Å². The molecule has 1 fully saturated rings. The molecule has 5 heteroatoms. The molecule has 1 saturated carbocycles. The fourth-order valence-electron chi connectivity index (χ4n) is 3.80. The Morgan fingerprint density at radius 1 is 1.20 bits per heavy atom. The van der Waals surface area contributed by atoms with E-state index < -0.39 is 12.0 Å². The number of carboxylic acid groups (broad SMARTS) is 1. The van der Waals surface area contributed by atoms with Gasteiger partial charge >= 0.3 is 5.97 Å². The van der Waals surface area contributed by atoms with E-state index in [4.69, 9.17) is 0 Å². The fraction of sp³-hybridized carbons (Fsp3) is 0.500. The number of H-pyrrole nitrogens is 1. The number of rotatable bonds is 7. The number of carboxylic acids is 1. The van der Waals surface area contributed by atoms with Gasteiger partial charge in [-0.25, -0.2) is 4.79 Å². The molecule has 25 heavy (non-hydrogen) atoms. The molecule has 0 spiro atoms. The summed E-state index contributed by atoms with van der Waals surface area (Å²) in [5.74, 6) is -0.523. The van der Waals surface area contributed by atoms with Crippen molar-refractivity contribution in [1.82, 2.24) is 10.3 Å². The second kappa shape index (κ2) is 8.19. The van der Waals surface area contributed by atoms with Crippen LogP contribution in [0, 0.1) is 5.92 Å². The summed E-state index contributed by atoms with van der Waals surface area (Å²) in [7, 11) is 0.